The van der Waals surface area contributed by atoms with E-state index in [1.807, 2.05) is 12.1 Å². The maximum absolute atomic E-state index is 12.9. The number of hydrogen-bond acceptors (Lipinski definition) is 3. The summed E-state index contributed by atoms with van der Waals surface area (Å²) < 4.78 is 5.39. The molecule has 0 N–H and O–H groups in total. The van der Waals surface area contributed by atoms with E-state index < -0.39 is 12.1 Å². The molecule has 7 heteroatoms. The number of benzene rings is 2. The average Bonchev–Trinajstić information content (AvgIpc) is 3.14. The van der Waals surface area contributed by atoms with Crippen molar-refractivity contribution in [2.75, 3.05) is 13.6 Å². The molecule has 1 saturated heterocycles. The lowest BCUT2D eigenvalue weighted by Gasteiger charge is -2.27. The molecule has 2 amide bonds. The third-order valence-electron chi connectivity index (χ3n) is 4.50. The van der Waals surface area contributed by atoms with E-state index in [2.05, 4.69) is 0 Å². The van der Waals surface area contributed by atoms with Crippen molar-refractivity contribution in [1.29, 1.82) is 0 Å². The van der Waals surface area contributed by atoms with Gasteiger partial charge in [0, 0.05) is 30.2 Å². The van der Waals surface area contributed by atoms with E-state index in [1.165, 1.54) is 4.90 Å². The largest absolute Gasteiger partial charge is 0.415 e. The summed E-state index contributed by atoms with van der Waals surface area (Å²) in [7, 11) is 1.73. The molecule has 0 bridgehead atoms. The van der Waals surface area contributed by atoms with Gasteiger partial charge in [0.1, 0.15) is 11.8 Å². The quantitative estimate of drug-likeness (QED) is 0.744. The van der Waals surface area contributed by atoms with Crippen molar-refractivity contribution in [2.24, 2.45) is 0 Å². The molecule has 2 aromatic carbocycles. The Morgan fingerprint density at radius 2 is 1.67 bits per heavy atom. The molecular formula is C20H20Cl2N2O3. The van der Waals surface area contributed by atoms with Gasteiger partial charge in [-0.1, -0.05) is 35.3 Å². The summed E-state index contributed by atoms with van der Waals surface area (Å²) in [5.74, 6) is 0.299. The number of rotatable bonds is 4. The third-order valence-corrected chi connectivity index (χ3v) is 5.00. The van der Waals surface area contributed by atoms with E-state index in [1.54, 1.807) is 48.3 Å². The fraction of sp³-hybridized carbons (Fsp3) is 0.300. The second kappa shape index (κ2) is 8.63. The Balaban J connectivity index is 1.63. The topological polar surface area (TPSA) is 49.9 Å². The number of nitrogens with zero attached hydrogens (tertiary/aromatic N) is 2. The highest BCUT2D eigenvalue weighted by atomic mass is 35.5. The summed E-state index contributed by atoms with van der Waals surface area (Å²) in [5, 5.41) is 1.22. The Morgan fingerprint density at radius 3 is 2.30 bits per heavy atom. The van der Waals surface area contributed by atoms with Crippen LogP contribution in [0.2, 0.25) is 10.0 Å². The van der Waals surface area contributed by atoms with Crippen LogP contribution in [0.1, 0.15) is 18.4 Å². The number of carbonyl (C=O) groups is 2. The lowest BCUT2D eigenvalue weighted by atomic mass is 10.1. The van der Waals surface area contributed by atoms with Crippen molar-refractivity contribution in [3.8, 4) is 5.75 Å². The zero-order chi connectivity index (χ0) is 19.4. The van der Waals surface area contributed by atoms with Crippen LogP contribution in [-0.4, -0.2) is 41.4 Å². The average molecular weight is 407 g/mol. The predicted molar refractivity (Wildman–Crippen MR) is 105 cm³/mol. The fourth-order valence-corrected chi connectivity index (χ4v) is 3.35. The first kappa shape index (κ1) is 19.5. The minimum Gasteiger partial charge on any atom is -0.410 e. The van der Waals surface area contributed by atoms with Gasteiger partial charge in [-0.15, -0.1) is 0 Å². The molecule has 1 aliphatic heterocycles. The van der Waals surface area contributed by atoms with E-state index in [0.717, 1.165) is 12.0 Å². The van der Waals surface area contributed by atoms with Gasteiger partial charge in [-0.2, -0.15) is 0 Å². The van der Waals surface area contributed by atoms with E-state index in [-0.39, 0.29) is 5.91 Å². The summed E-state index contributed by atoms with van der Waals surface area (Å²) in [6.45, 7) is 0.949. The lowest BCUT2D eigenvalue weighted by Crippen LogP contribution is -2.47. The van der Waals surface area contributed by atoms with Gasteiger partial charge in [0.15, 0.2) is 0 Å². The molecule has 0 unspecified atom stereocenters. The molecule has 142 valence electrons. The predicted octanol–water partition coefficient (Wildman–Crippen LogP) is 4.62. The molecule has 3 rings (SSSR count). The highest BCUT2D eigenvalue weighted by molar-refractivity contribution is 6.30. The van der Waals surface area contributed by atoms with Gasteiger partial charge in [0.2, 0.25) is 5.91 Å². The number of carbonyl (C=O) groups excluding carboxylic acids is 2. The van der Waals surface area contributed by atoms with Crippen molar-refractivity contribution >= 4 is 35.2 Å². The molecular weight excluding hydrogens is 387 g/mol. The summed E-state index contributed by atoms with van der Waals surface area (Å²) in [6.07, 6.45) is 0.869. The molecule has 0 aromatic heterocycles. The molecule has 5 nitrogen and oxygen atoms in total. The molecule has 0 radical (unpaired) electrons. The zero-order valence-electron chi connectivity index (χ0n) is 14.9. The van der Waals surface area contributed by atoms with Crippen molar-refractivity contribution in [3.63, 3.8) is 0 Å². The summed E-state index contributed by atoms with van der Waals surface area (Å²) in [4.78, 5) is 28.5. The molecule has 1 aliphatic rings. The number of amides is 2. The SMILES string of the molecule is CN(Cc1ccc(Cl)cc1)C(=O)[C@H]1CCCN1C(=O)Oc1ccc(Cl)cc1. The van der Waals surface area contributed by atoms with Gasteiger partial charge in [-0.25, -0.2) is 4.79 Å². The van der Waals surface area contributed by atoms with E-state index in [4.69, 9.17) is 27.9 Å². The van der Waals surface area contributed by atoms with E-state index in [9.17, 15) is 9.59 Å². The van der Waals surface area contributed by atoms with Gasteiger partial charge in [0.05, 0.1) is 0 Å². The van der Waals surface area contributed by atoms with Crippen LogP contribution in [0, 0.1) is 0 Å². The second-order valence-corrected chi connectivity index (χ2v) is 7.37. The van der Waals surface area contributed by atoms with E-state index in [0.29, 0.717) is 35.3 Å². The molecule has 1 atom stereocenters. The van der Waals surface area contributed by atoms with Crippen LogP contribution in [0.25, 0.3) is 0 Å². The maximum atomic E-state index is 12.9. The number of ether oxygens (including phenoxy) is 1. The Bertz CT molecular complexity index is 809. The molecule has 1 heterocycles. The molecule has 1 fully saturated rings. The van der Waals surface area contributed by atoms with Crippen molar-refractivity contribution in [3.05, 3.63) is 64.1 Å². The fourth-order valence-electron chi connectivity index (χ4n) is 3.10. The summed E-state index contributed by atoms with van der Waals surface area (Å²) >= 11 is 11.7. The first-order valence-electron chi connectivity index (χ1n) is 8.67. The molecule has 2 aromatic rings. The highest BCUT2D eigenvalue weighted by Crippen LogP contribution is 2.23. The normalized spacial score (nSPS) is 16.3. The van der Waals surface area contributed by atoms with Crippen LogP contribution < -0.4 is 4.74 Å². The summed E-state index contributed by atoms with van der Waals surface area (Å²) in [5.41, 5.74) is 0.975. The highest BCUT2D eigenvalue weighted by Gasteiger charge is 2.36. The van der Waals surface area contributed by atoms with E-state index >= 15 is 0 Å². The van der Waals surface area contributed by atoms with Crippen molar-refractivity contribution < 1.29 is 14.3 Å². The first-order chi connectivity index (χ1) is 12.9. The molecule has 0 spiro atoms. The van der Waals surface area contributed by atoms with Gasteiger partial charge >= 0.3 is 6.09 Å². The summed E-state index contributed by atoms with van der Waals surface area (Å²) in [6, 6.07) is 13.4. The molecule has 0 saturated carbocycles. The Kier molecular flexibility index (Phi) is 6.24. The zero-order valence-corrected chi connectivity index (χ0v) is 16.4. The van der Waals surface area contributed by atoms with Crippen molar-refractivity contribution in [2.45, 2.75) is 25.4 Å². The van der Waals surface area contributed by atoms with Crippen molar-refractivity contribution in [1.82, 2.24) is 9.80 Å². The molecule has 27 heavy (non-hydrogen) atoms. The van der Waals surface area contributed by atoms with Crippen LogP contribution in [0.4, 0.5) is 4.79 Å². The van der Waals surface area contributed by atoms with Gasteiger partial charge in [-0.05, 0) is 54.8 Å². The number of likely N-dealkylation sites (tertiary alicyclic amines) is 1. The number of likely N-dealkylation sites (N-methyl/N-ethyl adjacent to an activating group) is 1. The minimum atomic E-state index is -0.520. The maximum Gasteiger partial charge on any atom is 0.415 e. The Labute approximate surface area is 168 Å². The van der Waals surface area contributed by atoms with Gasteiger partial charge < -0.3 is 9.64 Å². The standard InChI is InChI=1S/C20H20Cl2N2O3/c1-23(13-14-4-6-15(21)7-5-14)19(25)18-3-2-12-24(18)20(26)27-17-10-8-16(22)9-11-17/h4-11,18H,2-3,12-13H2,1H3/t18-/m1/s1. The van der Waals surface area contributed by atoms with Crippen LogP contribution in [-0.2, 0) is 11.3 Å². The minimum absolute atomic E-state index is 0.101. The Hall–Kier alpha value is -2.24. The van der Waals surface area contributed by atoms with Crippen LogP contribution >= 0.6 is 23.2 Å². The van der Waals surface area contributed by atoms with Crippen LogP contribution in [0.5, 0.6) is 5.75 Å². The second-order valence-electron chi connectivity index (χ2n) is 6.49. The number of hydrogen-bond donors (Lipinski definition) is 0. The van der Waals surface area contributed by atoms with Gasteiger partial charge in [0.25, 0.3) is 0 Å². The number of halogens is 2. The first-order valence-corrected chi connectivity index (χ1v) is 9.43. The van der Waals surface area contributed by atoms with Gasteiger partial charge in [-0.3, -0.25) is 9.69 Å². The van der Waals surface area contributed by atoms with Crippen LogP contribution in [0.15, 0.2) is 48.5 Å². The monoisotopic (exact) mass is 406 g/mol. The Morgan fingerprint density at radius 1 is 1.07 bits per heavy atom. The lowest BCUT2D eigenvalue weighted by molar-refractivity contribution is -0.134. The third kappa shape index (κ3) is 4.93. The van der Waals surface area contributed by atoms with Crippen LogP contribution in [0.3, 0.4) is 0 Å². The smallest absolute Gasteiger partial charge is 0.410 e. The molecule has 0 aliphatic carbocycles.